The number of fused-ring (bicyclic) bond motifs is 1. The number of hydrogen-bond acceptors (Lipinski definition) is 4. The van der Waals surface area contributed by atoms with Crippen molar-refractivity contribution in [2.75, 3.05) is 10.0 Å². The van der Waals surface area contributed by atoms with Gasteiger partial charge in [-0.2, -0.15) is 0 Å². The number of amides is 1. The third kappa shape index (κ3) is 6.10. The van der Waals surface area contributed by atoms with Gasteiger partial charge in [-0.1, -0.05) is 92.4 Å². The maximum absolute atomic E-state index is 11.9. The number of aryl methyl sites for hydroxylation is 1. The number of nitrogens with zero attached hydrogens (tertiary/aromatic N) is 3. The van der Waals surface area contributed by atoms with Gasteiger partial charge in [0.2, 0.25) is 19.6 Å². The summed E-state index contributed by atoms with van der Waals surface area (Å²) < 4.78 is 2.45. The minimum absolute atomic E-state index is 0.0440. The molecule has 0 atom stereocenters. The maximum Gasteiger partial charge on any atom is 0.243 e. The topological polar surface area (TPSA) is 58.1 Å². The fraction of sp³-hybridized carbons (Fsp3) is 0.250. The normalized spacial score (nSPS) is 10.7. The summed E-state index contributed by atoms with van der Waals surface area (Å²) in [5, 5.41) is 4.90. The van der Waals surface area contributed by atoms with E-state index in [0.717, 1.165) is 34.9 Å². The van der Waals surface area contributed by atoms with Gasteiger partial charge in [0.25, 0.3) is 0 Å². The highest BCUT2D eigenvalue weighted by molar-refractivity contribution is 6.82. The molecule has 0 radical (unpaired) electrons. The van der Waals surface area contributed by atoms with Gasteiger partial charge in [-0.25, -0.2) is 9.97 Å². The predicted molar refractivity (Wildman–Crippen MR) is 149 cm³/mol. The molecular weight excluding hydrogens is 430 g/mol. The Morgan fingerprint density at radius 3 is 2.03 bits per heavy atom. The van der Waals surface area contributed by atoms with Crippen molar-refractivity contribution in [3.63, 3.8) is 0 Å². The highest BCUT2D eigenvalue weighted by Gasteiger charge is 2.29. The number of nitrogens with one attached hydrogen (secondary N) is 1. The van der Waals surface area contributed by atoms with Crippen LogP contribution in [0.1, 0.15) is 30.2 Å². The number of rotatable bonds is 9. The van der Waals surface area contributed by atoms with E-state index in [1.807, 2.05) is 26.1 Å². The molecule has 1 amide bonds. The third-order valence-electron chi connectivity index (χ3n) is 6.35. The zero-order valence-electron chi connectivity index (χ0n) is 21.0. The van der Waals surface area contributed by atoms with Gasteiger partial charge in [0.15, 0.2) is 0 Å². The molecule has 0 aliphatic carbocycles. The van der Waals surface area contributed by atoms with E-state index in [1.54, 1.807) is 0 Å². The second kappa shape index (κ2) is 11.2. The zero-order valence-corrected chi connectivity index (χ0v) is 21.0. The average Bonchev–Trinajstić information content (AvgIpc) is 2.85. The Labute approximate surface area is 209 Å². The van der Waals surface area contributed by atoms with Crippen LogP contribution < -0.4 is 10.0 Å². The molecule has 1 N–H and O–H groups in total. The summed E-state index contributed by atoms with van der Waals surface area (Å²) >= 11 is 0. The summed E-state index contributed by atoms with van der Waals surface area (Å²) in [6.45, 7) is 8.83. The highest BCUT2D eigenvalue weighted by atomic mass is 16.1. The van der Waals surface area contributed by atoms with Crippen LogP contribution in [-0.4, -0.2) is 29.6 Å². The van der Waals surface area contributed by atoms with Crippen molar-refractivity contribution in [3.05, 3.63) is 95.8 Å². The van der Waals surface area contributed by atoms with Gasteiger partial charge in [-0.15, -0.1) is 0 Å². The first kappa shape index (κ1) is 24.5. The van der Waals surface area contributed by atoms with E-state index in [1.165, 1.54) is 11.1 Å². The van der Waals surface area contributed by atoms with Crippen molar-refractivity contribution in [2.45, 2.75) is 46.6 Å². The SMILES string of the molecule is CCC(=O)Nc1cc2cc(C)nc(N(B(C)Cc3ccccc3)B(C)Cc3ccccc3)c2cn1. The molecule has 4 aromatic rings. The number of aromatic nitrogens is 2. The van der Waals surface area contributed by atoms with Crippen LogP contribution in [0.2, 0.25) is 13.6 Å². The van der Waals surface area contributed by atoms with Gasteiger partial charge in [0.05, 0.1) is 0 Å². The van der Waals surface area contributed by atoms with Gasteiger partial charge >= 0.3 is 0 Å². The second-order valence-electron chi connectivity index (χ2n) is 9.26. The lowest BCUT2D eigenvalue weighted by Crippen LogP contribution is -2.50. The lowest BCUT2D eigenvalue weighted by atomic mass is 9.45. The van der Waals surface area contributed by atoms with Crippen molar-refractivity contribution in [1.29, 1.82) is 0 Å². The van der Waals surface area contributed by atoms with Crippen LogP contribution in [0, 0.1) is 6.92 Å². The van der Waals surface area contributed by atoms with Gasteiger partial charge in [0, 0.05) is 23.7 Å². The summed E-state index contributed by atoms with van der Waals surface area (Å²) in [6, 6.07) is 25.2. The fourth-order valence-electron chi connectivity index (χ4n) is 4.72. The van der Waals surface area contributed by atoms with Crippen LogP contribution in [0.4, 0.5) is 11.6 Å². The lowest BCUT2D eigenvalue weighted by molar-refractivity contribution is -0.115. The first-order chi connectivity index (χ1) is 16.9. The Balaban J connectivity index is 1.76. The Kier molecular flexibility index (Phi) is 7.86. The Morgan fingerprint density at radius 2 is 1.49 bits per heavy atom. The summed E-state index contributed by atoms with van der Waals surface area (Å²) in [6.07, 6.45) is 4.09. The Morgan fingerprint density at radius 1 is 0.914 bits per heavy atom. The number of carbonyl (C=O) groups excluding carboxylic acids is 1. The quantitative estimate of drug-likeness (QED) is 0.315. The average molecular weight is 462 g/mol. The lowest BCUT2D eigenvalue weighted by Gasteiger charge is -2.34. The summed E-state index contributed by atoms with van der Waals surface area (Å²) in [5.74, 6) is 1.47. The Hall–Kier alpha value is -3.60. The molecule has 2 heterocycles. The van der Waals surface area contributed by atoms with Crippen LogP contribution in [0.15, 0.2) is 79.0 Å². The molecule has 5 nitrogen and oxygen atoms in total. The van der Waals surface area contributed by atoms with Gasteiger partial charge in [-0.3, -0.25) is 4.79 Å². The predicted octanol–water partition coefficient (Wildman–Crippen LogP) is 5.90. The van der Waals surface area contributed by atoms with E-state index in [0.29, 0.717) is 12.2 Å². The van der Waals surface area contributed by atoms with Crippen LogP contribution in [0.5, 0.6) is 0 Å². The van der Waals surface area contributed by atoms with Crippen LogP contribution in [0.3, 0.4) is 0 Å². The van der Waals surface area contributed by atoms with E-state index < -0.39 is 0 Å². The van der Waals surface area contributed by atoms with E-state index in [9.17, 15) is 4.79 Å². The van der Waals surface area contributed by atoms with Crippen molar-refractivity contribution < 1.29 is 4.79 Å². The minimum Gasteiger partial charge on any atom is -0.444 e. The largest absolute Gasteiger partial charge is 0.444 e. The van der Waals surface area contributed by atoms with Crippen molar-refractivity contribution >= 4 is 42.0 Å². The Bertz CT molecular complexity index is 1240. The number of benzene rings is 2. The number of hydrogen-bond donors (Lipinski definition) is 1. The molecule has 35 heavy (non-hydrogen) atoms. The minimum atomic E-state index is -0.0440. The molecule has 0 aliphatic rings. The number of carbonyl (C=O) groups is 1. The standard InChI is InChI=1S/C28H32B2N4O/c1-5-27(35)33-26-17-24-16-21(2)32-28(25(24)20-31-26)34(29(3)18-22-12-8-6-9-13-22)30(4)19-23-14-10-7-11-15-23/h6-17,20H,5,18-19H2,1-4H3,(H,31,33,35). The molecule has 0 aliphatic heterocycles. The molecule has 2 aromatic carbocycles. The molecule has 7 heteroatoms. The van der Waals surface area contributed by atoms with E-state index in [4.69, 9.17) is 4.98 Å². The van der Waals surface area contributed by atoms with Crippen LogP contribution in [0.25, 0.3) is 10.8 Å². The van der Waals surface area contributed by atoms with Crippen molar-refractivity contribution in [2.24, 2.45) is 0 Å². The molecule has 4 rings (SSSR count). The molecule has 0 unspecified atom stereocenters. The molecule has 2 aromatic heterocycles. The molecule has 0 fully saturated rings. The first-order valence-electron chi connectivity index (χ1n) is 12.4. The van der Waals surface area contributed by atoms with Crippen molar-refractivity contribution in [1.82, 2.24) is 9.97 Å². The monoisotopic (exact) mass is 462 g/mol. The van der Waals surface area contributed by atoms with Gasteiger partial charge in [0.1, 0.15) is 11.6 Å². The molecule has 0 spiro atoms. The van der Waals surface area contributed by atoms with Gasteiger partial charge < -0.3 is 10.0 Å². The first-order valence-corrected chi connectivity index (χ1v) is 12.4. The van der Waals surface area contributed by atoms with Crippen LogP contribution >= 0.6 is 0 Å². The summed E-state index contributed by atoms with van der Waals surface area (Å²) in [5.41, 5.74) is 3.54. The zero-order chi connectivity index (χ0) is 24.8. The maximum atomic E-state index is 11.9. The number of pyridine rings is 2. The molecule has 0 bridgehead atoms. The second-order valence-corrected chi connectivity index (χ2v) is 9.26. The van der Waals surface area contributed by atoms with E-state index >= 15 is 0 Å². The number of anilines is 2. The third-order valence-corrected chi connectivity index (χ3v) is 6.35. The van der Waals surface area contributed by atoms with Crippen molar-refractivity contribution in [3.8, 4) is 0 Å². The molecular formula is C28H32B2N4O. The fourth-order valence-corrected chi connectivity index (χ4v) is 4.72. The van der Waals surface area contributed by atoms with E-state index in [2.05, 4.69) is 95.4 Å². The van der Waals surface area contributed by atoms with Crippen LogP contribution in [-0.2, 0) is 17.4 Å². The van der Waals surface area contributed by atoms with Gasteiger partial charge in [-0.05, 0) is 37.1 Å². The molecule has 176 valence electrons. The smallest absolute Gasteiger partial charge is 0.243 e. The van der Waals surface area contributed by atoms with E-state index in [-0.39, 0.29) is 19.6 Å². The summed E-state index contributed by atoms with van der Waals surface area (Å²) in [7, 11) is 0. The molecule has 0 saturated carbocycles. The molecule has 0 saturated heterocycles. The highest BCUT2D eigenvalue weighted by Crippen LogP contribution is 2.30. The summed E-state index contributed by atoms with van der Waals surface area (Å²) in [4.78, 5) is 21.5.